The van der Waals surface area contributed by atoms with Gasteiger partial charge in [0.15, 0.2) is 5.65 Å². The molecule has 0 saturated carbocycles. The normalized spacial score (nSPS) is 10.7. The standard InChI is InChI=1S/C11H15N5O2/c1-8-3-2-4-10-14-11(15-16(8)10)13-5-6-18-7-9(12)17/h2-4H,5-7H2,1H3,(H2,12,17)(H,13,15). The van der Waals surface area contributed by atoms with Crippen LogP contribution in [0.25, 0.3) is 5.65 Å². The molecule has 18 heavy (non-hydrogen) atoms. The minimum Gasteiger partial charge on any atom is -0.370 e. The number of fused-ring (bicyclic) bond motifs is 1. The number of pyridine rings is 1. The topological polar surface area (TPSA) is 94.5 Å². The van der Waals surface area contributed by atoms with Crippen molar-refractivity contribution < 1.29 is 9.53 Å². The zero-order valence-electron chi connectivity index (χ0n) is 10.1. The monoisotopic (exact) mass is 249 g/mol. The fraction of sp³-hybridized carbons (Fsp3) is 0.364. The zero-order chi connectivity index (χ0) is 13.0. The smallest absolute Gasteiger partial charge is 0.243 e. The summed E-state index contributed by atoms with van der Waals surface area (Å²) in [4.78, 5) is 14.7. The molecule has 0 spiro atoms. The van der Waals surface area contributed by atoms with Crippen LogP contribution < -0.4 is 11.1 Å². The first-order chi connectivity index (χ1) is 8.66. The van der Waals surface area contributed by atoms with E-state index in [1.165, 1.54) is 0 Å². The van der Waals surface area contributed by atoms with Gasteiger partial charge in [-0.1, -0.05) is 6.07 Å². The average Bonchev–Trinajstić information content (AvgIpc) is 2.72. The summed E-state index contributed by atoms with van der Waals surface area (Å²) in [5, 5.41) is 7.31. The largest absolute Gasteiger partial charge is 0.370 e. The van der Waals surface area contributed by atoms with E-state index >= 15 is 0 Å². The maximum atomic E-state index is 10.4. The molecule has 3 N–H and O–H groups in total. The molecule has 0 aliphatic rings. The molecular weight excluding hydrogens is 234 g/mol. The van der Waals surface area contributed by atoms with E-state index in [1.54, 1.807) is 4.52 Å². The summed E-state index contributed by atoms with van der Waals surface area (Å²) in [5.74, 6) is 0.0588. The summed E-state index contributed by atoms with van der Waals surface area (Å²) in [6, 6.07) is 5.77. The summed E-state index contributed by atoms with van der Waals surface area (Å²) in [5.41, 5.74) is 6.74. The van der Waals surface area contributed by atoms with Crippen molar-refractivity contribution in [3.8, 4) is 0 Å². The minimum absolute atomic E-state index is 0.0701. The number of amides is 1. The predicted molar refractivity (Wildman–Crippen MR) is 66.2 cm³/mol. The Labute approximate surface area is 104 Å². The van der Waals surface area contributed by atoms with Gasteiger partial charge in [0.25, 0.3) is 0 Å². The first-order valence-corrected chi connectivity index (χ1v) is 5.59. The van der Waals surface area contributed by atoms with Gasteiger partial charge >= 0.3 is 0 Å². The Balaban J connectivity index is 1.88. The van der Waals surface area contributed by atoms with Gasteiger partial charge in [0.1, 0.15) is 6.61 Å². The zero-order valence-corrected chi connectivity index (χ0v) is 10.1. The maximum absolute atomic E-state index is 10.4. The molecule has 0 bridgehead atoms. The van der Waals surface area contributed by atoms with Crippen LogP contribution >= 0.6 is 0 Å². The van der Waals surface area contributed by atoms with Crippen molar-refractivity contribution in [3.63, 3.8) is 0 Å². The van der Waals surface area contributed by atoms with Crippen LogP contribution in [0.3, 0.4) is 0 Å². The quantitative estimate of drug-likeness (QED) is 0.700. The third kappa shape index (κ3) is 2.95. The lowest BCUT2D eigenvalue weighted by Crippen LogP contribution is -2.20. The number of rotatable bonds is 6. The molecule has 2 heterocycles. The molecule has 0 aliphatic carbocycles. The SMILES string of the molecule is Cc1cccc2nc(NCCOCC(N)=O)nn12. The van der Waals surface area contributed by atoms with E-state index in [4.69, 9.17) is 10.5 Å². The molecule has 1 amide bonds. The predicted octanol–water partition coefficient (Wildman–Crippen LogP) is -0.0485. The van der Waals surface area contributed by atoms with E-state index in [-0.39, 0.29) is 6.61 Å². The van der Waals surface area contributed by atoms with Crippen molar-refractivity contribution in [3.05, 3.63) is 23.9 Å². The summed E-state index contributed by atoms with van der Waals surface area (Å²) in [7, 11) is 0. The van der Waals surface area contributed by atoms with Crippen LogP contribution in [-0.4, -0.2) is 40.3 Å². The number of ether oxygens (including phenoxy) is 1. The van der Waals surface area contributed by atoms with Crippen LogP contribution in [0.2, 0.25) is 0 Å². The van der Waals surface area contributed by atoms with Gasteiger partial charge in [0.2, 0.25) is 11.9 Å². The highest BCUT2D eigenvalue weighted by Gasteiger charge is 2.03. The summed E-state index contributed by atoms with van der Waals surface area (Å²) in [6.45, 7) is 2.78. The highest BCUT2D eigenvalue weighted by molar-refractivity contribution is 5.74. The highest BCUT2D eigenvalue weighted by atomic mass is 16.5. The summed E-state index contributed by atoms with van der Waals surface area (Å²) >= 11 is 0. The van der Waals surface area contributed by atoms with Crippen molar-refractivity contribution in [2.24, 2.45) is 5.73 Å². The van der Waals surface area contributed by atoms with E-state index in [1.807, 2.05) is 25.1 Å². The van der Waals surface area contributed by atoms with E-state index in [0.717, 1.165) is 11.3 Å². The van der Waals surface area contributed by atoms with Crippen molar-refractivity contribution in [1.29, 1.82) is 0 Å². The second-order valence-corrected chi connectivity index (χ2v) is 3.82. The van der Waals surface area contributed by atoms with Gasteiger partial charge in [0.05, 0.1) is 6.61 Å². The molecule has 0 unspecified atom stereocenters. The van der Waals surface area contributed by atoms with E-state index in [9.17, 15) is 4.79 Å². The fourth-order valence-corrected chi connectivity index (χ4v) is 1.52. The van der Waals surface area contributed by atoms with Crippen LogP contribution in [-0.2, 0) is 9.53 Å². The highest BCUT2D eigenvalue weighted by Crippen LogP contribution is 2.07. The number of anilines is 1. The van der Waals surface area contributed by atoms with Crippen molar-refractivity contribution in [1.82, 2.24) is 14.6 Å². The second kappa shape index (κ2) is 5.46. The van der Waals surface area contributed by atoms with Crippen LogP contribution in [0.4, 0.5) is 5.95 Å². The van der Waals surface area contributed by atoms with Gasteiger partial charge in [-0.05, 0) is 19.1 Å². The molecule has 7 nitrogen and oxygen atoms in total. The third-order valence-electron chi connectivity index (χ3n) is 2.32. The van der Waals surface area contributed by atoms with Crippen molar-refractivity contribution in [2.75, 3.05) is 25.1 Å². The average molecular weight is 249 g/mol. The molecule has 2 rings (SSSR count). The van der Waals surface area contributed by atoms with Gasteiger partial charge in [-0.15, -0.1) is 5.10 Å². The Kier molecular flexibility index (Phi) is 3.73. The Bertz CT molecular complexity index is 551. The van der Waals surface area contributed by atoms with Crippen molar-refractivity contribution >= 4 is 17.5 Å². The Morgan fingerprint density at radius 3 is 3.11 bits per heavy atom. The first kappa shape index (κ1) is 12.3. The number of primary amides is 1. The lowest BCUT2D eigenvalue weighted by molar-refractivity contribution is -0.122. The lowest BCUT2D eigenvalue weighted by Gasteiger charge is -2.01. The molecule has 7 heteroatoms. The number of nitrogens with zero attached hydrogens (tertiary/aromatic N) is 3. The van der Waals surface area contributed by atoms with Gasteiger partial charge in [-0.3, -0.25) is 4.79 Å². The van der Waals surface area contributed by atoms with Crippen LogP contribution in [0.1, 0.15) is 5.69 Å². The van der Waals surface area contributed by atoms with Crippen LogP contribution in [0.5, 0.6) is 0 Å². The molecule has 0 radical (unpaired) electrons. The number of nitrogens with one attached hydrogen (secondary N) is 1. The maximum Gasteiger partial charge on any atom is 0.243 e. The number of carbonyl (C=O) groups excluding carboxylic acids is 1. The Hall–Kier alpha value is -2.15. The molecular formula is C11H15N5O2. The fourth-order valence-electron chi connectivity index (χ4n) is 1.52. The number of hydrogen-bond donors (Lipinski definition) is 2. The number of nitrogens with two attached hydrogens (primary N) is 1. The van der Waals surface area contributed by atoms with Crippen LogP contribution in [0.15, 0.2) is 18.2 Å². The molecule has 0 saturated heterocycles. The Morgan fingerprint density at radius 2 is 2.39 bits per heavy atom. The molecule has 0 aromatic carbocycles. The number of aromatic nitrogens is 3. The van der Waals surface area contributed by atoms with Gasteiger partial charge in [0, 0.05) is 12.2 Å². The van der Waals surface area contributed by atoms with E-state index < -0.39 is 5.91 Å². The molecule has 96 valence electrons. The van der Waals surface area contributed by atoms with Crippen LogP contribution in [0, 0.1) is 6.92 Å². The van der Waals surface area contributed by atoms with E-state index in [2.05, 4.69) is 15.4 Å². The Morgan fingerprint density at radius 1 is 1.56 bits per heavy atom. The third-order valence-corrected chi connectivity index (χ3v) is 2.32. The number of hydrogen-bond acceptors (Lipinski definition) is 5. The lowest BCUT2D eigenvalue weighted by atomic mass is 10.4. The number of aryl methyl sites for hydroxylation is 1. The molecule has 2 aromatic rings. The first-order valence-electron chi connectivity index (χ1n) is 5.59. The van der Waals surface area contributed by atoms with Gasteiger partial charge in [-0.25, -0.2) is 4.52 Å². The molecule has 0 fully saturated rings. The molecule has 0 aliphatic heterocycles. The van der Waals surface area contributed by atoms with Crippen molar-refractivity contribution in [2.45, 2.75) is 6.92 Å². The number of carbonyl (C=O) groups is 1. The summed E-state index contributed by atoms with van der Waals surface area (Å²) in [6.07, 6.45) is 0. The summed E-state index contributed by atoms with van der Waals surface area (Å²) < 4.78 is 6.77. The van der Waals surface area contributed by atoms with E-state index in [0.29, 0.717) is 19.1 Å². The van der Waals surface area contributed by atoms with Gasteiger partial charge < -0.3 is 15.8 Å². The second-order valence-electron chi connectivity index (χ2n) is 3.82. The molecule has 2 aromatic heterocycles. The van der Waals surface area contributed by atoms with Gasteiger partial charge in [-0.2, -0.15) is 4.98 Å². The minimum atomic E-state index is -0.475. The molecule has 0 atom stereocenters.